The summed E-state index contributed by atoms with van der Waals surface area (Å²) in [5.41, 5.74) is 4.96. The Morgan fingerprint density at radius 1 is 0.846 bits per heavy atom. The first-order chi connectivity index (χ1) is 12.4. The number of benzene rings is 3. The van der Waals surface area contributed by atoms with Crippen LogP contribution >= 0.6 is 11.6 Å². The first-order valence-corrected chi connectivity index (χ1v) is 10.4. The smallest absolute Gasteiger partial charge is 0.175 e. The van der Waals surface area contributed by atoms with Gasteiger partial charge in [0.05, 0.1) is 10.6 Å². The molecule has 0 saturated carbocycles. The van der Waals surface area contributed by atoms with E-state index in [-0.39, 0.29) is 0 Å². The zero-order valence-electron chi connectivity index (χ0n) is 14.0. The van der Waals surface area contributed by atoms with Crippen molar-refractivity contribution in [2.75, 3.05) is 6.26 Å². The third-order valence-corrected chi connectivity index (χ3v) is 5.76. The van der Waals surface area contributed by atoms with Gasteiger partial charge in [-0.2, -0.15) is 0 Å². The summed E-state index contributed by atoms with van der Waals surface area (Å²) in [5, 5.41) is 1.66. The largest absolute Gasteiger partial charge is 0.354 e. The van der Waals surface area contributed by atoms with Crippen LogP contribution in [0.4, 0.5) is 0 Å². The van der Waals surface area contributed by atoms with Crippen LogP contribution < -0.4 is 0 Å². The highest BCUT2D eigenvalue weighted by atomic mass is 35.5. The van der Waals surface area contributed by atoms with Crippen LogP contribution in [0.1, 0.15) is 0 Å². The van der Waals surface area contributed by atoms with Crippen molar-refractivity contribution in [3.63, 3.8) is 0 Å². The van der Waals surface area contributed by atoms with Gasteiger partial charge in [0.1, 0.15) is 0 Å². The predicted octanol–water partition coefficient (Wildman–Crippen LogP) is 5.56. The molecule has 0 aliphatic carbocycles. The molecule has 5 heteroatoms. The van der Waals surface area contributed by atoms with Crippen LogP contribution in [-0.2, 0) is 9.84 Å². The van der Waals surface area contributed by atoms with Gasteiger partial charge >= 0.3 is 0 Å². The lowest BCUT2D eigenvalue weighted by Crippen LogP contribution is -1.96. The SMILES string of the molecule is CS(=O)(=O)c1ccc(-c2c(-c3ccccc3)[nH]c3ccc(Cl)cc23)cc1. The maximum atomic E-state index is 11.8. The monoisotopic (exact) mass is 381 g/mol. The molecular formula is C21H16ClNO2S. The fraction of sp³-hybridized carbons (Fsp3) is 0.0476. The van der Waals surface area contributed by atoms with Crippen LogP contribution in [0.3, 0.4) is 0 Å². The summed E-state index contributed by atoms with van der Waals surface area (Å²) in [5.74, 6) is 0. The first-order valence-electron chi connectivity index (χ1n) is 8.10. The maximum absolute atomic E-state index is 11.8. The van der Waals surface area contributed by atoms with E-state index >= 15 is 0 Å². The van der Waals surface area contributed by atoms with Gasteiger partial charge < -0.3 is 4.98 Å². The normalized spacial score (nSPS) is 11.8. The standard InChI is InChI=1S/C21H16ClNO2S/c1-26(24,25)17-10-7-14(8-11-17)20-18-13-16(22)9-12-19(18)23-21(20)15-5-3-2-4-6-15/h2-13,23H,1H3. The summed E-state index contributed by atoms with van der Waals surface area (Å²) in [6.07, 6.45) is 1.21. The molecule has 0 radical (unpaired) electrons. The third-order valence-electron chi connectivity index (χ3n) is 4.39. The molecule has 0 fully saturated rings. The van der Waals surface area contributed by atoms with Crippen LogP contribution in [0.2, 0.25) is 5.02 Å². The second kappa shape index (κ2) is 6.31. The molecule has 0 spiro atoms. The Morgan fingerprint density at radius 3 is 2.19 bits per heavy atom. The zero-order chi connectivity index (χ0) is 18.3. The summed E-state index contributed by atoms with van der Waals surface area (Å²) in [4.78, 5) is 3.78. The van der Waals surface area contributed by atoms with E-state index in [0.717, 1.165) is 33.3 Å². The van der Waals surface area contributed by atoms with E-state index in [0.29, 0.717) is 9.92 Å². The number of halogens is 1. The number of nitrogens with one attached hydrogen (secondary N) is 1. The fourth-order valence-corrected chi connectivity index (χ4v) is 3.96. The Labute approximate surface area is 157 Å². The molecule has 26 heavy (non-hydrogen) atoms. The van der Waals surface area contributed by atoms with E-state index in [1.807, 2.05) is 60.7 Å². The Kier molecular flexibility index (Phi) is 4.10. The number of aromatic nitrogens is 1. The minimum absolute atomic E-state index is 0.306. The van der Waals surface area contributed by atoms with Crippen molar-refractivity contribution in [3.05, 3.63) is 77.8 Å². The molecule has 0 saturated heterocycles. The van der Waals surface area contributed by atoms with Gasteiger partial charge in [-0.25, -0.2) is 8.42 Å². The summed E-state index contributed by atoms with van der Waals surface area (Å²) in [7, 11) is -3.23. The van der Waals surface area contributed by atoms with Gasteiger partial charge in [-0.05, 0) is 41.5 Å². The van der Waals surface area contributed by atoms with Crippen LogP contribution in [-0.4, -0.2) is 19.7 Å². The summed E-state index contributed by atoms with van der Waals surface area (Å²) < 4.78 is 23.5. The molecule has 1 aromatic heterocycles. The Morgan fingerprint density at radius 2 is 1.54 bits per heavy atom. The molecule has 0 aliphatic rings. The summed E-state index contributed by atoms with van der Waals surface area (Å²) >= 11 is 6.23. The molecule has 4 rings (SSSR count). The second-order valence-electron chi connectivity index (χ2n) is 6.23. The minimum atomic E-state index is -3.23. The number of aromatic amines is 1. The first kappa shape index (κ1) is 16.9. The molecule has 0 bridgehead atoms. The molecule has 4 aromatic rings. The number of hydrogen-bond acceptors (Lipinski definition) is 2. The lowest BCUT2D eigenvalue weighted by molar-refractivity contribution is 0.602. The zero-order valence-corrected chi connectivity index (χ0v) is 15.6. The molecule has 3 aromatic carbocycles. The van der Waals surface area contributed by atoms with E-state index in [9.17, 15) is 8.42 Å². The topological polar surface area (TPSA) is 49.9 Å². The highest BCUT2D eigenvalue weighted by Crippen LogP contribution is 2.39. The lowest BCUT2D eigenvalue weighted by Gasteiger charge is -2.07. The number of hydrogen-bond donors (Lipinski definition) is 1. The number of H-pyrrole nitrogens is 1. The van der Waals surface area contributed by atoms with Crippen molar-refractivity contribution in [1.82, 2.24) is 4.98 Å². The molecule has 0 unspecified atom stereocenters. The van der Waals surface area contributed by atoms with E-state index in [2.05, 4.69) is 4.98 Å². The molecule has 1 N–H and O–H groups in total. The highest BCUT2D eigenvalue weighted by Gasteiger charge is 2.16. The minimum Gasteiger partial charge on any atom is -0.354 e. The van der Waals surface area contributed by atoms with Gasteiger partial charge in [0.25, 0.3) is 0 Å². The van der Waals surface area contributed by atoms with E-state index < -0.39 is 9.84 Å². The van der Waals surface area contributed by atoms with Crippen LogP contribution in [0.15, 0.2) is 77.7 Å². The number of fused-ring (bicyclic) bond motifs is 1. The van der Waals surface area contributed by atoms with Crippen molar-refractivity contribution in [1.29, 1.82) is 0 Å². The predicted molar refractivity (Wildman–Crippen MR) is 107 cm³/mol. The van der Waals surface area contributed by atoms with Gasteiger partial charge in [-0.1, -0.05) is 54.1 Å². The molecule has 130 valence electrons. The average Bonchev–Trinajstić information content (AvgIpc) is 3.00. The second-order valence-corrected chi connectivity index (χ2v) is 8.68. The van der Waals surface area contributed by atoms with Crippen LogP contribution in [0.5, 0.6) is 0 Å². The van der Waals surface area contributed by atoms with Crippen molar-refractivity contribution in [2.24, 2.45) is 0 Å². The average molecular weight is 382 g/mol. The van der Waals surface area contributed by atoms with Crippen molar-refractivity contribution >= 4 is 32.3 Å². The Balaban J connectivity index is 1.99. The van der Waals surface area contributed by atoms with Crippen molar-refractivity contribution < 1.29 is 8.42 Å². The number of rotatable bonds is 3. The Hall–Kier alpha value is -2.56. The van der Waals surface area contributed by atoms with Gasteiger partial charge in [0.15, 0.2) is 9.84 Å². The fourth-order valence-electron chi connectivity index (χ4n) is 3.15. The van der Waals surface area contributed by atoms with Crippen LogP contribution in [0.25, 0.3) is 33.3 Å². The van der Waals surface area contributed by atoms with E-state index in [1.165, 1.54) is 6.26 Å². The maximum Gasteiger partial charge on any atom is 0.175 e. The summed E-state index contributed by atoms with van der Waals surface area (Å²) in [6, 6.07) is 22.7. The van der Waals surface area contributed by atoms with Gasteiger partial charge in [-0.3, -0.25) is 0 Å². The quantitative estimate of drug-likeness (QED) is 0.505. The summed E-state index contributed by atoms with van der Waals surface area (Å²) in [6.45, 7) is 0. The van der Waals surface area contributed by atoms with Crippen LogP contribution in [0, 0.1) is 0 Å². The highest BCUT2D eigenvalue weighted by molar-refractivity contribution is 7.90. The Bertz CT molecular complexity index is 1190. The van der Waals surface area contributed by atoms with E-state index in [1.54, 1.807) is 12.1 Å². The van der Waals surface area contributed by atoms with E-state index in [4.69, 9.17) is 11.6 Å². The molecule has 1 heterocycles. The molecule has 0 aliphatic heterocycles. The van der Waals surface area contributed by atoms with Gasteiger partial charge in [0.2, 0.25) is 0 Å². The third kappa shape index (κ3) is 3.02. The van der Waals surface area contributed by atoms with Crippen molar-refractivity contribution in [3.8, 4) is 22.4 Å². The molecule has 0 amide bonds. The van der Waals surface area contributed by atoms with Gasteiger partial charge in [-0.15, -0.1) is 0 Å². The molecular weight excluding hydrogens is 366 g/mol. The van der Waals surface area contributed by atoms with Crippen molar-refractivity contribution in [2.45, 2.75) is 4.90 Å². The molecule has 0 atom stereocenters. The number of sulfone groups is 1. The van der Waals surface area contributed by atoms with Gasteiger partial charge in [0, 0.05) is 27.7 Å². The molecule has 3 nitrogen and oxygen atoms in total. The lowest BCUT2D eigenvalue weighted by atomic mass is 9.98.